The van der Waals surface area contributed by atoms with E-state index in [-0.39, 0.29) is 0 Å². The number of nitrogens with one attached hydrogen (secondary N) is 1. The van der Waals surface area contributed by atoms with Crippen LogP contribution in [0.1, 0.15) is 6.92 Å². The van der Waals surface area contributed by atoms with Gasteiger partial charge < -0.3 is 10.2 Å². The monoisotopic (exact) mass is 165 g/mol. The van der Waals surface area contributed by atoms with Gasteiger partial charge in [0.1, 0.15) is 11.6 Å². The number of hydrogen-bond acceptors (Lipinski definition) is 3. The van der Waals surface area contributed by atoms with Crippen LogP contribution in [0, 0.1) is 0 Å². The molecule has 0 aliphatic heterocycles. The van der Waals surface area contributed by atoms with Crippen LogP contribution in [-0.2, 0) is 0 Å². The number of nitrogens with zero attached hydrogens (tertiary/aromatic N) is 2. The maximum atomic E-state index is 4.38. The summed E-state index contributed by atoms with van der Waals surface area (Å²) in [6, 6.07) is 5.96. The minimum Gasteiger partial charge on any atom is -0.370 e. The zero-order chi connectivity index (χ0) is 8.97. The van der Waals surface area contributed by atoms with Gasteiger partial charge in [0.2, 0.25) is 0 Å². The van der Waals surface area contributed by atoms with Crippen LogP contribution in [0.25, 0.3) is 0 Å². The molecule has 3 heteroatoms. The first-order chi connectivity index (χ1) is 5.74. The van der Waals surface area contributed by atoms with E-state index in [0.29, 0.717) is 0 Å². The first-order valence-corrected chi connectivity index (χ1v) is 4.12. The summed E-state index contributed by atoms with van der Waals surface area (Å²) in [7, 11) is 3.97. The zero-order valence-electron chi connectivity index (χ0n) is 7.83. The van der Waals surface area contributed by atoms with Gasteiger partial charge in [-0.25, -0.2) is 4.98 Å². The predicted octanol–water partition coefficient (Wildman–Crippen LogP) is 1.58. The van der Waals surface area contributed by atoms with E-state index in [0.717, 1.165) is 18.2 Å². The smallest absolute Gasteiger partial charge is 0.130 e. The molecule has 0 radical (unpaired) electrons. The fourth-order valence-corrected chi connectivity index (χ4v) is 0.952. The molecular formula is C9H15N3. The van der Waals surface area contributed by atoms with E-state index in [1.807, 2.05) is 37.2 Å². The lowest BCUT2D eigenvalue weighted by Crippen LogP contribution is -2.11. The SMILES string of the molecule is CCNc1cccc(N(C)C)n1. The first-order valence-electron chi connectivity index (χ1n) is 4.12. The van der Waals surface area contributed by atoms with Crippen LogP contribution in [0.5, 0.6) is 0 Å². The van der Waals surface area contributed by atoms with Crippen LogP contribution in [0.4, 0.5) is 11.6 Å². The molecule has 66 valence electrons. The summed E-state index contributed by atoms with van der Waals surface area (Å²) in [6.07, 6.45) is 0. The summed E-state index contributed by atoms with van der Waals surface area (Å²) < 4.78 is 0. The third-order valence-electron chi connectivity index (χ3n) is 1.55. The molecule has 3 nitrogen and oxygen atoms in total. The van der Waals surface area contributed by atoms with Crippen molar-refractivity contribution in [2.45, 2.75) is 6.92 Å². The Labute approximate surface area is 73.4 Å². The van der Waals surface area contributed by atoms with E-state index < -0.39 is 0 Å². The van der Waals surface area contributed by atoms with Gasteiger partial charge in [0.25, 0.3) is 0 Å². The Morgan fingerprint density at radius 1 is 1.42 bits per heavy atom. The molecule has 0 spiro atoms. The minimum absolute atomic E-state index is 0.907. The average molecular weight is 165 g/mol. The quantitative estimate of drug-likeness (QED) is 0.737. The molecule has 0 aliphatic rings. The highest BCUT2D eigenvalue weighted by atomic mass is 15.2. The van der Waals surface area contributed by atoms with Gasteiger partial charge in [0.05, 0.1) is 0 Å². The first kappa shape index (κ1) is 8.84. The molecular weight excluding hydrogens is 150 g/mol. The van der Waals surface area contributed by atoms with E-state index >= 15 is 0 Å². The number of hydrogen-bond donors (Lipinski definition) is 1. The number of rotatable bonds is 3. The normalized spacial score (nSPS) is 9.58. The van der Waals surface area contributed by atoms with Crippen LogP contribution < -0.4 is 10.2 Å². The summed E-state index contributed by atoms with van der Waals surface area (Å²) >= 11 is 0. The van der Waals surface area contributed by atoms with Crippen LogP contribution in [0.15, 0.2) is 18.2 Å². The highest BCUT2D eigenvalue weighted by Crippen LogP contribution is 2.10. The summed E-state index contributed by atoms with van der Waals surface area (Å²) in [6.45, 7) is 2.97. The summed E-state index contributed by atoms with van der Waals surface area (Å²) in [5, 5.41) is 3.16. The molecule has 0 saturated heterocycles. The van der Waals surface area contributed by atoms with Crippen LogP contribution in [0.3, 0.4) is 0 Å². The highest BCUT2D eigenvalue weighted by molar-refractivity contribution is 5.45. The minimum atomic E-state index is 0.907. The predicted molar refractivity (Wildman–Crippen MR) is 52.7 cm³/mol. The van der Waals surface area contributed by atoms with E-state index in [9.17, 15) is 0 Å². The lowest BCUT2D eigenvalue weighted by atomic mass is 10.4. The van der Waals surface area contributed by atoms with Crippen molar-refractivity contribution < 1.29 is 0 Å². The van der Waals surface area contributed by atoms with Crippen molar-refractivity contribution in [3.8, 4) is 0 Å². The Hall–Kier alpha value is -1.25. The Morgan fingerprint density at radius 2 is 2.17 bits per heavy atom. The van der Waals surface area contributed by atoms with Gasteiger partial charge in [-0.2, -0.15) is 0 Å². The summed E-state index contributed by atoms with van der Waals surface area (Å²) in [4.78, 5) is 6.36. The molecule has 0 bridgehead atoms. The number of anilines is 2. The topological polar surface area (TPSA) is 28.2 Å². The Kier molecular flexibility index (Phi) is 2.91. The molecule has 1 aromatic rings. The van der Waals surface area contributed by atoms with Gasteiger partial charge in [0, 0.05) is 20.6 Å². The van der Waals surface area contributed by atoms with Gasteiger partial charge in [-0.3, -0.25) is 0 Å². The van der Waals surface area contributed by atoms with Crippen molar-refractivity contribution >= 4 is 11.6 Å². The van der Waals surface area contributed by atoms with E-state index in [4.69, 9.17) is 0 Å². The molecule has 0 unspecified atom stereocenters. The summed E-state index contributed by atoms with van der Waals surface area (Å²) in [5.41, 5.74) is 0. The van der Waals surface area contributed by atoms with Crippen molar-refractivity contribution in [1.29, 1.82) is 0 Å². The molecule has 0 atom stereocenters. The van der Waals surface area contributed by atoms with Gasteiger partial charge in [0.15, 0.2) is 0 Å². The van der Waals surface area contributed by atoms with Crippen molar-refractivity contribution in [3.63, 3.8) is 0 Å². The third-order valence-corrected chi connectivity index (χ3v) is 1.55. The van der Waals surface area contributed by atoms with Crippen LogP contribution in [-0.4, -0.2) is 25.6 Å². The maximum Gasteiger partial charge on any atom is 0.130 e. The number of aromatic nitrogens is 1. The van der Waals surface area contributed by atoms with Gasteiger partial charge in [-0.05, 0) is 19.1 Å². The standard InChI is InChI=1S/C9H15N3/c1-4-10-8-6-5-7-9(11-8)12(2)3/h5-7H,4H2,1-3H3,(H,10,11). The van der Waals surface area contributed by atoms with Gasteiger partial charge in [-0.15, -0.1) is 0 Å². The molecule has 12 heavy (non-hydrogen) atoms. The van der Waals surface area contributed by atoms with Crippen molar-refractivity contribution in [2.75, 3.05) is 30.9 Å². The Balaban J connectivity index is 2.81. The fraction of sp³-hybridized carbons (Fsp3) is 0.444. The molecule has 0 amide bonds. The molecule has 0 aromatic carbocycles. The van der Waals surface area contributed by atoms with Crippen molar-refractivity contribution in [1.82, 2.24) is 4.98 Å². The van der Waals surface area contributed by atoms with Crippen LogP contribution >= 0.6 is 0 Å². The second-order valence-corrected chi connectivity index (χ2v) is 2.81. The fourth-order valence-electron chi connectivity index (χ4n) is 0.952. The highest BCUT2D eigenvalue weighted by Gasteiger charge is 1.96. The summed E-state index contributed by atoms with van der Waals surface area (Å²) in [5.74, 6) is 1.91. The second-order valence-electron chi connectivity index (χ2n) is 2.81. The van der Waals surface area contributed by atoms with E-state index in [1.165, 1.54) is 0 Å². The Bertz CT molecular complexity index is 245. The largest absolute Gasteiger partial charge is 0.370 e. The molecule has 1 rings (SSSR count). The molecule has 0 aliphatic carbocycles. The molecule has 1 heterocycles. The van der Waals surface area contributed by atoms with Crippen molar-refractivity contribution in [3.05, 3.63) is 18.2 Å². The lowest BCUT2D eigenvalue weighted by Gasteiger charge is -2.12. The third kappa shape index (κ3) is 2.12. The molecule has 1 N–H and O–H groups in total. The van der Waals surface area contributed by atoms with Gasteiger partial charge >= 0.3 is 0 Å². The van der Waals surface area contributed by atoms with E-state index in [1.54, 1.807) is 0 Å². The van der Waals surface area contributed by atoms with Crippen LogP contribution in [0.2, 0.25) is 0 Å². The molecule has 0 saturated carbocycles. The maximum absolute atomic E-state index is 4.38. The number of pyridine rings is 1. The zero-order valence-corrected chi connectivity index (χ0v) is 7.83. The van der Waals surface area contributed by atoms with E-state index in [2.05, 4.69) is 17.2 Å². The molecule has 0 fully saturated rings. The van der Waals surface area contributed by atoms with Crippen molar-refractivity contribution in [2.24, 2.45) is 0 Å². The average Bonchev–Trinajstić information content (AvgIpc) is 2.05. The Morgan fingerprint density at radius 3 is 2.75 bits per heavy atom. The lowest BCUT2D eigenvalue weighted by molar-refractivity contribution is 1.06. The molecule has 1 aromatic heterocycles. The second kappa shape index (κ2) is 3.95. The van der Waals surface area contributed by atoms with Gasteiger partial charge in [-0.1, -0.05) is 6.07 Å².